The monoisotopic (exact) mass is 275 g/mol. The molecule has 0 spiro atoms. The summed E-state index contributed by atoms with van der Waals surface area (Å²) < 4.78 is 11.4. The summed E-state index contributed by atoms with van der Waals surface area (Å²) in [6.45, 7) is 5.32. The molecule has 1 aromatic carbocycles. The van der Waals surface area contributed by atoms with Gasteiger partial charge in [0.25, 0.3) is 0 Å². The van der Waals surface area contributed by atoms with Gasteiger partial charge in [-0.25, -0.2) is 0 Å². The highest BCUT2D eigenvalue weighted by Gasteiger charge is 2.24. The highest BCUT2D eigenvalue weighted by Crippen LogP contribution is 2.35. The molecule has 0 radical (unpaired) electrons. The van der Waals surface area contributed by atoms with Crippen molar-refractivity contribution in [1.29, 1.82) is 0 Å². The van der Waals surface area contributed by atoms with E-state index < -0.39 is 0 Å². The van der Waals surface area contributed by atoms with E-state index in [0.29, 0.717) is 6.04 Å². The highest BCUT2D eigenvalue weighted by molar-refractivity contribution is 5.48. The van der Waals surface area contributed by atoms with Gasteiger partial charge in [-0.2, -0.15) is 0 Å². The fraction of sp³-hybridized carbons (Fsp3) is 0.647. The zero-order valence-electron chi connectivity index (χ0n) is 12.7. The van der Waals surface area contributed by atoms with Crippen LogP contribution < -0.4 is 14.8 Å². The summed E-state index contributed by atoms with van der Waals surface area (Å²) in [5, 5.41) is 3.69. The van der Waals surface area contributed by atoms with Crippen LogP contribution in [0, 0.1) is 5.92 Å². The Labute approximate surface area is 121 Å². The molecule has 3 rings (SSSR count). The van der Waals surface area contributed by atoms with Gasteiger partial charge in [0.05, 0.1) is 7.11 Å². The molecule has 1 N–H and O–H groups in total. The predicted octanol–water partition coefficient (Wildman–Crippen LogP) is 3.30. The maximum Gasteiger partial charge on any atom is 0.123 e. The minimum atomic E-state index is 0.285. The lowest BCUT2D eigenvalue weighted by atomic mass is 10.0. The minimum absolute atomic E-state index is 0.285. The topological polar surface area (TPSA) is 30.5 Å². The summed E-state index contributed by atoms with van der Waals surface area (Å²) in [5.74, 6) is 2.81. The Balaban J connectivity index is 1.74. The molecule has 1 saturated carbocycles. The van der Waals surface area contributed by atoms with E-state index in [1.54, 1.807) is 7.11 Å². The molecule has 1 aromatic rings. The van der Waals surface area contributed by atoms with E-state index in [-0.39, 0.29) is 6.10 Å². The molecular weight excluding hydrogens is 250 g/mol. The first kappa shape index (κ1) is 13.7. The van der Waals surface area contributed by atoms with Crippen LogP contribution in [0.3, 0.4) is 0 Å². The van der Waals surface area contributed by atoms with Crippen molar-refractivity contribution in [1.82, 2.24) is 5.32 Å². The fourth-order valence-electron chi connectivity index (χ4n) is 3.50. The molecule has 110 valence electrons. The number of fused-ring (bicyclic) bond motifs is 1. The van der Waals surface area contributed by atoms with Gasteiger partial charge in [0, 0.05) is 30.1 Å². The molecule has 0 saturated heterocycles. The van der Waals surface area contributed by atoms with Crippen LogP contribution in [-0.4, -0.2) is 19.3 Å². The lowest BCUT2D eigenvalue weighted by Gasteiger charge is -2.19. The second kappa shape index (κ2) is 5.65. The van der Waals surface area contributed by atoms with Crippen LogP contribution in [0.4, 0.5) is 0 Å². The van der Waals surface area contributed by atoms with Crippen LogP contribution in [-0.2, 0) is 13.0 Å². The van der Waals surface area contributed by atoms with Gasteiger partial charge >= 0.3 is 0 Å². The van der Waals surface area contributed by atoms with Crippen molar-refractivity contribution >= 4 is 0 Å². The Morgan fingerprint density at radius 1 is 1.30 bits per heavy atom. The van der Waals surface area contributed by atoms with Crippen molar-refractivity contribution < 1.29 is 9.47 Å². The van der Waals surface area contributed by atoms with E-state index >= 15 is 0 Å². The number of benzene rings is 1. The third-order valence-corrected chi connectivity index (χ3v) is 4.72. The van der Waals surface area contributed by atoms with Gasteiger partial charge in [0.15, 0.2) is 0 Å². The number of hydrogen-bond donors (Lipinski definition) is 1. The SMILES string of the molecule is COc1cc2c(cc1CNC1CCCC1C)OC(C)C2. The van der Waals surface area contributed by atoms with Crippen LogP contribution in [0.15, 0.2) is 12.1 Å². The third kappa shape index (κ3) is 2.64. The van der Waals surface area contributed by atoms with Crippen LogP contribution in [0.1, 0.15) is 44.2 Å². The van der Waals surface area contributed by atoms with Gasteiger partial charge in [-0.15, -0.1) is 0 Å². The summed E-state index contributed by atoms with van der Waals surface area (Å²) >= 11 is 0. The summed E-state index contributed by atoms with van der Waals surface area (Å²) in [4.78, 5) is 0. The van der Waals surface area contributed by atoms with Crippen LogP contribution in [0.25, 0.3) is 0 Å². The highest BCUT2D eigenvalue weighted by atomic mass is 16.5. The largest absolute Gasteiger partial charge is 0.496 e. The van der Waals surface area contributed by atoms with Crippen molar-refractivity contribution in [3.8, 4) is 11.5 Å². The van der Waals surface area contributed by atoms with E-state index in [9.17, 15) is 0 Å². The van der Waals surface area contributed by atoms with Gasteiger partial charge in [-0.1, -0.05) is 13.3 Å². The average molecular weight is 275 g/mol. The normalized spacial score (nSPS) is 28.2. The van der Waals surface area contributed by atoms with Crippen molar-refractivity contribution in [2.24, 2.45) is 5.92 Å². The summed E-state index contributed by atoms with van der Waals surface area (Å²) in [7, 11) is 1.75. The quantitative estimate of drug-likeness (QED) is 0.914. The maximum atomic E-state index is 5.86. The van der Waals surface area contributed by atoms with Gasteiger partial charge in [0.2, 0.25) is 0 Å². The Hall–Kier alpha value is -1.22. The maximum absolute atomic E-state index is 5.86. The first-order valence-electron chi connectivity index (χ1n) is 7.77. The molecule has 3 nitrogen and oxygen atoms in total. The molecule has 3 atom stereocenters. The van der Waals surface area contributed by atoms with Gasteiger partial charge < -0.3 is 14.8 Å². The molecule has 3 heteroatoms. The molecule has 3 unspecified atom stereocenters. The molecule has 0 aromatic heterocycles. The van der Waals surface area contributed by atoms with E-state index in [2.05, 4.69) is 31.3 Å². The van der Waals surface area contributed by atoms with Crippen LogP contribution >= 0.6 is 0 Å². The Bertz CT molecular complexity index is 486. The summed E-state index contributed by atoms with van der Waals surface area (Å²) in [6.07, 6.45) is 5.26. The average Bonchev–Trinajstić information content (AvgIpc) is 2.99. The van der Waals surface area contributed by atoms with Gasteiger partial charge in [-0.3, -0.25) is 0 Å². The number of nitrogens with one attached hydrogen (secondary N) is 1. The molecule has 1 aliphatic carbocycles. The Kier molecular flexibility index (Phi) is 3.88. The van der Waals surface area contributed by atoms with E-state index in [1.165, 1.54) is 30.4 Å². The van der Waals surface area contributed by atoms with Crippen LogP contribution in [0.5, 0.6) is 11.5 Å². The first-order valence-corrected chi connectivity index (χ1v) is 7.77. The fourth-order valence-corrected chi connectivity index (χ4v) is 3.50. The second-order valence-electron chi connectivity index (χ2n) is 6.30. The lowest BCUT2D eigenvalue weighted by molar-refractivity contribution is 0.254. The standard InChI is InChI=1S/C17H25NO2/c1-11-5-4-6-15(11)18-10-14-9-17-13(7-12(2)20-17)8-16(14)19-3/h8-9,11-12,15,18H,4-7,10H2,1-3H3. The van der Waals surface area contributed by atoms with Crippen LogP contribution in [0.2, 0.25) is 0 Å². The van der Waals surface area contributed by atoms with Crippen molar-refractivity contribution in [3.05, 3.63) is 23.3 Å². The first-order chi connectivity index (χ1) is 9.67. The molecule has 1 heterocycles. The number of rotatable bonds is 4. The zero-order valence-corrected chi connectivity index (χ0v) is 12.7. The van der Waals surface area contributed by atoms with E-state index in [1.807, 2.05) is 0 Å². The zero-order chi connectivity index (χ0) is 14.1. The molecular formula is C17H25NO2. The smallest absolute Gasteiger partial charge is 0.123 e. The summed E-state index contributed by atoms with van der Waals surface area (Å²) in [6, 6.07) is 4.95. The minimum Gasteiger partial charge on any atom is -0.496 e. The Morgan fingerprint density at radius 2 is 2.15 bits per heavy atom. The number of hydrogen-bond acceptors (Lipinski definition) is 3. The molecule has 1 fully saturated rings. The molecule has 0 amide bonds. The van der Waals surface area contributed by atoms with E-state index in [0.717, 1.165) is 30.4 Å². The molecule has 20 heavy (non-hydrogen) atoms. The number of methoxy groups -OCH3 is 1. The second-order valence-corrected chi connectivity index (χ2v) is 6.30. The van der Waals surface area contributed by atoms with Gasteiger partial charge in [-0.05, 0) is 37.8 Å². The van der Waals surface area contributed by atoms with Crippen molar-refractivity contribution in [2.45, 2.75) is 58.2 Å². The number of ether oxygens (including phenoxy) is 2. The van der Waals surface area contributed by atoms with E-state index in [4.69, 9.17) is 9.47 Å². The lowest BCUT2D eigenvalue weighted by Crippen LogP contribution is -2.30. The van der Waals surface area contributed by atoms with Crippen molar-refractivity contribution in [2.75, 3.05) is 7.11 Å². The summed E-state index contributed by atoms with van der Waals surface area (Å²) in [5.41, 5.74) is 2.48. The van der Waals surface area contributed by atoms with Crippen molar-refractivity contribution in [3.63, 3.8) is 0 Å². The third-order valence-electron chi connectivity index (χ3n) is 4.72. The molecule has 0 bridgehead atoms. The predicted molar refractivity (Wildman–Crippen MR) is 80.4 cm³/mol. The molecule has 1 aliphatic heterocycles. The molecule has 2 aliphatic rings. The Morgan fingerprint density at radius 3 is 2.85 bits per heavy atom. The van der Waals surface area contributed by atoms with Gasteiger partial charge in [0.1, 0.15) is 17.6 Å².